The van der Waals surface area contributed by atoms with Crippen molar-refractivity contribution in [1.29, 1.82) is 0 Å². The Kier molecular flexibility index (Phi) is 31.1. The van der Waals surface area contributed by atoms with Crippen molar-refractivity contribution in [3.05, 3.63) is 31.4 Å². The summed E-state index contributed by atoms with van der Waals surface area (Å²) < 4.78 is 4.34. The van der Waals surface area contributed by atoms with Crippen LogP contribution in [0.15, 0.2) is 31.4 Å². The van der Waals surface area contributed by atoms with Crippen molar-refractivity contribution in [3.8, 4) is 0 Å². The average Bonchev–Trinajstić information content (AvgIpc) is 2.62. The van der Waals surface area contributed by atoms with Crippen molar-refractivity contribution in [2.24, 2.45) is 0 Å². The summed E-state index contributed by atoms with van der Waals surface area (Å²) >= 11 is 0. The third-order valence-electron chi connectivity index (χ3n) is 1.86. The van der Waals surface area contributed by atoms with Crippen LogP contribution in [0.25, 0.3) is 0 Å². The summed E-state index contributed by atoms with van der Waals surface area (Å²) in [5.74, 6) is 0. The molecule has 0 bridgehead atoms. The van der Waals surface area contributed by atoms with Gasteiger partial charge in [0.25, 0.3) is 0 Å². The van der Waals surface area contributed by atoms with Crippen LogP contribution >= 0.6 is 0 Å². The van der Waals surface area contributed by atoms with Gasteiger partial charge < -0.3 is 15.1 Å². The minimum absolute atomic E-state index is 0. The van der Waals surface area contributed by atoms with Crippen LogP contribution in [0, 0.1) is 0 Å². The lowest BCUT2D eigenvalue weighted by Gasteiger charge is -1.92. The van der Waals surface area contributed by atoms with Crippen LogP contribution < -0.4 is 9.59 Å². The van der Waals surface area contributed by atoms with Gasteiger partial charge in [0.1, 0.15) is 18.9 Å². The second-order valence-corrected chi connectivity index (χ2v) is 3.32. The minimum Gasteiger partial charge on any atom is -0.832 e. The second kappa shape index (κ2) is 19.9. The van der Waals surface area contributed by atoms with Crippen molar-refractivity contribution in [2.75, 3.05) is 0 Å². The van der Waals surface area contributed by atoms with Gasteiger partial charge in [0, 0.05) is 0 Å². The maximum atomic E-state index is 8.64. The molecule has 1 aromatic heterocycles. The molecule has 122 valence electrons. The maximum Gasteiger partial charge on any atom is 0.339 e. The predicted octanol–water partition coefficient (Wildman–Crippen LogP) is -0.312. The number of hydrogen-bond acceptors (Lipinski definition) is 3. The van der Waals surface area contributed by atoms with Gasteiger partial charge in [0.05, 0.1) is 6.54 Å². The largest absolute Gasteiger partial charge is 0.832 e. The van der Waals surface area contributed by atoms with E-state index in [1.165, 1.54) is 12.8 Å². The zero-order valence-corrected chi connectivity index (χ0v) is 11.3. The number of rotatable bonds is 5. The summed E-state index contributed by atoms with van der Waals surface area (Å²) in [5.41, 5.74) is 0. The molecule has 0 aliphatic carbocycles. The Morgan fingerprint density at radius 3 is 2.20 bits per heavy atom. The predicted molar refractivity (Wildman–Crippen MR) is 69.9 cm³/mol. The molecule has 1 rings (SSSR count). The number of aromatic nitrogens is 2. The van der Waals surface area contributed by atoms with E-state index in [1.807, 2.05) is 6.08 Å². The highest BCUT2D eigenvalue weighted by atomic mass is 19.0. The summed E-state index contributed by atoms with van der Waals surface area (Å²) in [7, 11) is -2.42. The van der Waals surface area contributed by atoms with Crippen LogP contribution in [0.4, 0.5) is 18.8 Å². The van der Waals surface area contributed by atoms with Gasteiger partial charge in [0.15, 0.2) is 0 Å². The van der Waals surface area contributed by atoms with Gasteiger partial charge in [-0.05, 0) is 6.42 Å². The Labute approximate surface area is 115 Å². The van der Waals surface area contributed by atoms with Crippen LogP contribution in [0.1, 0.15) is 19.8 Å². The first-order valence-corrected chi connectivity index (χ1v) is 5.27. The van der Waals surface area contributed by atoms with Crippen molar-refractivity contribution in [3.63, 3.8) is 0 Å². The number of nitrogens with zero attached hydrogens (tertiary/aromatic N) is 2. The van der Waals surface area contributed by atoms with E-state index in [0.717, 1.165) is 13.1 Å². The molecule has 0 saturated carbocycles. The van der Waals surface area contributed by atoms with Crippen molar-refractivity contribution in [2.45, 2.75) is 32.9 Å². The second-order valence-electron chi connectivity index (χ2n) is 3.32. The molecule has 10 heteroatoms. The number of unbranched alkanes of at least 4 members (excludes halogenated alkanes) is 1. The van der Waals surface area contributed by atoms with Gasteiger partial charge in [-0.1, -0.05) is 26.0 Å². The van der Waals surface area contributed by atoms with E-state index >= 15 is 0 Å². The van der Waals surface area contributed by atoms with E-state index < -0.39 is 7.32 Å². The monoisotopic (exact) mass is 306 g/mol. The van der Waals surface area contributed by atoms with Gasteiger partial charge in [0.2, 0.25) is 6.33 Å². The molecule has 5 nitrogen and oxygen atoms in total. The molecule has 0 amide bonds. The molecule has 0 fully saturated rings. The third kappa shape index (κ3) is 19.0. The van der Waals surface area contributed by atoms with Crippen molar-refractivity contribution < 1.29 is 38.5 Å². The summed E-state index contributed by atoms with van der Waals surface area (Å²) in [6.07, 6.45) is 10.7. The fourth-order valence-corrected chi connectivity index (χ4v) is 1.17. The van der Waals surface area contributed by atoms with Crippen LogP contribution in [0.2, 0.25) is 0 Å². The lowest BCUT2D eigenvalue weighted by molar-refractivity contribution is -0.696. The van der Waals surface area contributed by atoms with E-state index in [9.17, 15) is 0 Å². The Bertz CT molecular complexity index is 301. The fraction of sp³-hybridized carbons (Fsp3) is 0.500. The van der Waals surface area contributed by atoms with Gasteiger partial charge in [-0.15, -0.1) is 0 Å². The van der Waals surface area contributed by atoms with Crippen LogP contribution in [-0.4, -0.2) is 21.9 Å². The first-order chi connectivity index (χ1) is 7.60. The van der Waals surface area contributed by atoms with E-state index in [-0.39, 0.29) is 18.8 Å². The average molecular weight is 306 g/mol. The van der Waals surface area contributed by atoms with Gasteiger partial charge >= 0.3 is 7.32 Å². The first kappa shape index (κ1) is 31.2. The van der Waals surface area contributed by atoms with Gasteiger partial charge in [-0.3, -0.25) is 18.8 Å². The van der Waals surface area contributed by atoms with Gasteiger partial charge in [-0.2, -0.15) is 0 Å². The number of allylic oxidation sites excluding steroid dienone is 1. The zero-order chi connectivity index (χ0) is 12.4. The van der Waals surface area contributed by atoms with Crippen molar-refractivity contribution in [1.82, 2.24) is 4.57 Å². The van der Waals surface area contributed by atoms with Crippen molar-refractivity contribution >= 4 is 7.32 Å². The van der Waals surface area contributed by atoms with Crippen LogP contribution in [0.5, 0.6) is 0 Å². The normalized spacial score (nSPS) is 7.40. The molecule has 0 atom stereocenters. The third-order valence-corrected chi connectivity index (χ3v) is 1.86. The molecule has 0 aliphatic heterocycles. The standard InChI is InChI=1S/C10H17N2.BH2O3.4FH/c1-3-5-7-12-9-8-11(10-12)6-4-2;2-1(3)4;;;;/h4,8-10H,2-3,5-7H2,1H3;2-3H;4*1H/q+1;-1;;;;. The quantitative estimate of drug-likeness (QED) is 0.339. The zero-order valence-electron chi connectivity index (χ0n) is 11.3. The SMILES string of the molecule is C=CCn1cc[n+](CCCC)c1.F.F.F.F.[O-]B(O)O. The molecule has 20 heavy (non-hydrogen) atoms. The van der Waals surface area contributed by atoms with Crippen LogP contribution in [-0.2, 0) is 13.1 Å². The Morgan fingerprint density at radius 1 is 1.30 bits per heavy atom. The highest BCUT2D eigenvalue weighted by Crippen LogP contribution is 1.88. The summed E-state index contributed by atoms with van der Waals surface area (Å²) in [4.78, 5) is 0. The molecular weight excluding hydrogens is 283 g/mol. The first-order valence-electron chi connectivity index (χ1n) is 5.27. The van der Waals surface area contributed by atoms with E-state index in [4.69, 9.17) is 15.1 Å². The topological polar surface area (TPSA) is 72.3 Å². The number of aryl methyl sites for hydroxylation is 1. The highest BCUT2D eigenvalue weighted by molar-refractivity contribution is 6.28. The van der Waals surface area contributed by atoms with E-state index in [0.29, 0.717) is 0 Å². The fourth-order valence-electron chi connectivity index (χ4n) is 1.17. The van der Waals surface area contributed by atoms with E-state index in [2.05, 4.69) is 41.4 Å². The highest BCUT2D eigenvalue weighted by Gasteiger charge is 1.99. The number of imidazole rings is 1. The molecule has 2 N–H and O–H groups in total. The smallest absolute Gasteiger partial charge is 0.339 e. The molecular formula is C10H23BF4N2O3. The Hall–Kier alpha value is -1.39. The maximum absolute atomic E-state index is 8.64. The Morgan fingerprint density at radius 2 is 1.80 bits per heavy atom. The molecule has 0 radical (unpaired) electrons. The number of halogens is 4. The van der Waals surface area contributed by atoms with Crippen LogP contribution in [0.3, 0.4) is 0 Å². The molecule has 0 saturated heterocycles. The summed E-state index contributed by atoms with van der Waals surface area (Å²) in [5, 5.41) is 22.8. The minimum atomic E-state index is -2.42. The molecule has 1 aromatic rings. The molecule has 1 heterocycles. The Balaban J connectivity index is -0.0000000844. The number of hydrogen-bond donors (Lipinski definition) is 2. The van der Waals surface area contributed by atoms with Gasteiger partial charge in [-0.25, -0.2) is 9.13 Å². The summed E-state index contributed by atoms with van der Waals surface area (Å²) in [6.45, 7) is 7.93. The lowest BCUT2D eigenvalue weighted by atomic mass is 10.3. The molecule has 0 aromatic carbocycles. The summed E-state index contributed by atoms with van der Waals surface area (Å²) in [6, 6.07) is 0. The molecule has 0 spiro atoms. The molecule has 0 aliphatic rings. The lowest BCUT2D eigenvalue weighted by Crippen LogP contribution is -2.30. The molecule has 0 unspecified atom stereocenters. The van der Waals surface area contributed by atoms with E-state index in [1.54, 1.807) is 0 Å².